The number of aromatic nitrogens is 1. The van der Waals surface area contributed by atoms with Gasteiger partial charge < -0.3 is 9.64 Å². The number of amides is 1. The number of hydrogen-bond acceptors (Lipinski definition) is 5. The number of nitrogens with zero attached hydrogens (tertiary/aromatic N) is 2. The number of carbonyl (C=O) groups excluding carboxylic acids is 1. The summed E-state index contributed by atoms with van der Waals surface area (Å²) in [5.41, 5.74) is 4.38. The van der Waals surface area contributed by atoms with Crippen molar-refractivity contribution < 1.29 is 9.53 Å². The minimum Gasteiger partial charge on any atom is -0.487 e. The molecule has 1 aromatic heterocycles. The molecule has 0 saturated carbocycles. The van der Waals surface area contributed by atoms with Crippen molar-refractivity contribution in [2.75, 3.05) is 13.3 Å². The fraction of sp³-hybridized carbons (Fsp3) is 0.200. The molecular weight excluding hydrogens is 364 g/mol. The smallest absolute Gasteiger partial charge is 0.254 e. The molecule has 134 valence electrons. The number of benzene rings is 2. The number of thioether (sulfide) groups is 1. The second-order valence-electron chi connectivity index (χ2n) is 5.81. The van der Waals surface area contributed by atoms with E-state index in [2.05, 4.69) is 29.2 Å². The van der Waals surface area contributed by atoms with Crippen LogP contribution >= 0.6 is 23.1 Å². The molecule has 0 aliphatic carbocycles. The predicted octanol–water partition coefficient (Wildman–Crippen LogP) is 4.72. The van der Waals surface area contributed by atoms with Crippen molar-refractivity contribution >= 4 is 29.0 Å². The van der Waals surface area contributed by atoms with E-state index in [1.807, 2.05) is 36.9 Å². The van der Waals surface area contributed by atoms with Crippen molar-refractivity contribution in [3.63, 3.8) is 0 Å². The molecule has 0 aliphatic heterocycles. The Balaban J connectivity index is 1.63. The van der Waals surface area contributed by atoms with Crippen LogP contribution in [0.4, 0.5) is 0 Å². The first-order chi connectivity index (χ1) is 12.7. The summed E-state index contributed by atoms with van der Waals surface area (Å²) in [6.45, 7) is 0.968. The molecule has 0 fully saturated rings. The maximum absolute atomic E-state index is 12.7. The first-order valence-corrected chi connectivity index (χ1v) is 10.3. The molecule has 2 aromatic carbocycles. The third-order valence-corrected chi connectivity index (χ3v) is 5.26. The maximum atomic E-state index is 12.7. The average molecular weight is 385 g/mol. The second-order valence-corrected chi connectivity index (χ2v) is 7.40. The summed E-state index contributed by atoms with van der Waals surface area (Å²) in [6.07, 6.45) is 2.05. The molecule has 0 bridgehead atoms. The van der Waals surface area contributed by atoms with Crippen molar-refractivity contribution in [2.45, 2.75) is 18.0 Å². The van der Waals surface area contributed by atoms with Gasteiger partial charge >= 0.3 is 0 Å². The topological polar surface area (TPSA) is 42.4 Å². The monoisotopic (exact) mass is 384 g/mol. The third kappa shape index (κ3) is 4.86. The highest BCUT2D eigenvalue weighted by Crippen LogP contribution is 2.19. The number of rotatable bonds is 7. The Morgan fingerprint density at radius 2 is 2.04 bits per heavy atom. The predicted molar refractivity (Wildman–Crippen MR) is 107 cm³/mol. The van der Waals surface area contributed by atoms with Gasteiger partial charge in [-0.15, -0.1) is 23.1 Å². The Morgan fingerprint density at radius 3 is 2.73 bits per heavy atom. The Kier molecular flexibility index (Phi) is 6.30. The summed E-state index contributed by atoms with van der Waals surface area (Å²) < 4.78 is 5.74. The van der Waals surface area contributed by atoms with Gasteiger partial charge in [-0.2, -0.15) is 0 Å². The van der Waals surface area contributed by atoms with Crippen LogP contribution in [-0.4, -0.2) is 29.1 Å². The summed E-state index contributed by atoms with van der Waals surface area (Å²) in [4.78, 5) is 19.8. The Morgan fingerprint density at radius 1 is 1.23 bits per heavy atom. The molecule has 0 unspecified atom stereocenters. The molecule has 26 heavy (non-hydrogen) atoms. The van der Waals surface area contributed by atoms with E-state index in [0.29, 0.717) is 24.5 Å². The Hall–Kier alpha value is -2.31. The highest BCUT2D eigenvalue weighted by Gasteiger charge is 2.13. The van der Waals surface area contributed by atoms with Gasteiger partial charge in [0.1, 0.15) is 12.4 Å². The van der Waals surface area contributed by atoms with Gasteiger partial charge in [0.2, 0.25) is 0 Å². The fourth-order valence-corrected chi connectivity index (χ4v) is 3.43. The number of thiazole rings is 1. The van der Waals surface area contributed by atoms with E-state index in [0.717, 1.165) is 11.3 Å². The molecule has 0 radical (unpaired) electrons. The zero-order chi connectivity index (χ0) is 18.4. The zero-order valence-corrected chi connectivity index (χ0v) is 16.3. The maximum Gasteiger partial charge on any atom is 0.254 e. The normalized spacial score (nSPS) is 10.5. The van der Waals surface area contributed by atoms with Crippen molar-refractivity contribution in [1.29, 1.82) is 0 Å². The summed E-state index contributed by atoms with van der Waals surface area (Å²) in [5, 5.41) is 1.95. The average Bonchev–Trinajstić information content (AvgIpc) is 3.20. The van der Waals surface area contributed by atoms with Crippen LogP contribution in [0.1, 0.15) is 21.6 Å². The first-order valence-electron chi connectivity index (χ1n) is 8.14. The van der Waals surface area contributed by atoms with Crippen LogP contribution in [0, 0.1) is 0 Å². The van der Waals surface area contributed by atoms with Gasteiger partial charge in [0.05, 0.1) is 11.2 Å². The van der Waals surface area contributed by atoms with Gasteiger partial charge in [0.15, 0.2) is 0 Å². The molecule has 6 heteroatoms. The standard InChI is InChI=1S/C20H20N2O2S2/c1-22(11-15-6-8-19(25-2)9-7-15)20(23)16-4-3-5-18(10-16)24-12-17-13-26-14-21-17/h3-10,13-14H,11-12H2,1-2H3. The molecule has 0 aliphatic rings. The highest BCUT2D eigenvalue weighted by molar-refractivity contribution is 7.98. The largest absolute Gasteiger partial charge is 0.487 e. The van der Waals surface area contributed by atoms with Crippen LogP contribution in [-0.2, 0) is 13.2 Å². The summed E-state index contributed by atoms with van der Waals surface area (Å²) in [7, 11) is 1.81. The van der Waals surface area contributed by atoms with E-state index < -0.39 is 0 Å². The third-order valence-electron chi connectivity index (χ3n) is 3.88. The fourth-order valence-electron chi connectivity index (χ4n) is 2.48. The quantitative estimate of drug-likeness (QED) is 0.553. The lowest BCUT2D eigenvalue weighted by Gasteiger charge is -2.18. The SMILES string of the molecule is CSc1ccc(CN(C)C(=O)c2cccc(OCc3cscn3)c2)cc1. The second kappa shape index (κ2) is 8.87. The lowest BCUT2D eigenvalue weighted by Crippen LogP contribution is -2.26. The van der Waals surface area contributed by atoms with Gasteiger partial charge in [0.25, 0.3) is 5.91 Å². The minimum absolute atomic E-state index is 0.0296. The molecule has 3 rings (SSSR count). The number of hydrogen-bond donors (Lipinski definition) is 0. The number of ether oxygens (including phenoxy) is 1. The van der Waals surface area contributed by atoms with Crippen LogP contribution in [0.25, 0.3) is 0 Å². The summed E-state index contributed by atoms with van der Waals surface area (Å²) >= 11 is 3.24. The van der Waals surface area contributed by atoms with E-state index >= 15 is 0 Å². The lowest BCUT2D eigenvalue weighted by molar-refractivity contribution is 0.0784. The Labute approximate surface area is 161 Å². The Bertz CT molecular complexity index is 849. The molecule has 0 N–H and O–H groups in total. The molecule has 4 nitrogen and oxygen atoms in total. The van der Waals surface area contributed by atoms with Crippen LogP contribution in [0.2, 0.25) is 0 Å². The zero-order valence-electron chi connectivity index (χ0n) is 14.7. The molecule has 1 heterocycles. The molecular formula is C20H20N2O2S2. The van der Waals surface area contributed by atoms with E-state index in [1.165, 1.54) is 16.2 Å². The molecule has 0 atom stereocenters. The first kappa shape index (κ1) is 18.5. The van der Waals surface area contributed by atoms with Gasteiger partial charge in [-0.05, 0) is 42.2 Å². The van der Waals surface area contributed by atoms with Crippen LogP contribution in [0.3, 0.4) is 0 Å². The van der Waals surface area contributed by atoms with E-state index in [4.69, 9.17) is 4.74 Å². The molecule has 0 saturated heterocycles. The van der Waals surface area contributed by atoms with Crippen molar-refractivity contribution in [3.05, 3.63) is 76.2 Å². The highest BCUT2D eigenvalue weighted by atomic mass is 32.2. The van der Waals surface area contributed by atoms with Crippen molar-refractivity contribution in [2.24, 2.45) is 0 Å². The van der Waals surface area contributed by atoms with Gasteiger partial charge in [-0.25, -0.2) is 4.98 Å². The van der Waals surface area contributed by atoms with Crippen molar-refractivity contribution in [1.82, 2.24) is 9.88 Å². The van der Waals surface area contributed by atoms with Gasteiger partial charge in [-0.1, -0.05) is 18.2 Å². The lowest BCUT2D eigenvalue weighted by atomic mass is 10.1. The van der Waals surface area contributed by atoms with E-state index in [-0.39, 0.29) is 5.91 Å². The number of carbonyl (C=O) groups is 1. The summed E-state index contributed by atoms with van der Waals surface area (Å²) in [6, 6.07) is 15.5. The van der Waals surface area contributed by atoms with Crippen LogP contribution in [0.5, 0.6) is 5.75 Å². The van der Waals surface area contributed by atoms with Gasteiger partial charge in [-0.3, -0.25) is 4.79 Å². The van der Waals surface area contributed by atoms with E-state index in [1.54, 1.807) is 28.2 Å². The van der Waals surface area contributed by atoms with Gasteiger partial charge in [0, 0.05) is 29.4 Å². The van der Waals surface area contributed by atoms with Crippen LogP contribution < -0.4 is 4.74 Å². The minimum atomic E-state index is -0.0296. The van der Waals surface area contributed by atoms with E-state index in [9.17, 15) is 4.79 Å². The molecule has 0 spiro atoms. The van der Waals surface area contributed by atoms with Crippen molar-refractivity contribution in [3.8, 4) is 5.75 Å². The van der Waals surface area contributed by atoms with Crippen LogP contribution in [0.15, 0.2) is 64.3 Å². The molecule has 3 aromatic rings. The summed E-state index contributed by atoms with van der Waals surface area (Å²) in [5.74, 6) is 0.639. The molecule has 1 amide bonds.